The van der Waals surface area contributed by atoms with Crippen LogP contribution >= 0.6 is 0 Å². The highest BCUT2D eigenvalue weighted by Gasteiger charge is 2.35. The standard InChI is InChI=1S/C27H22O9/c1-10-5-14-21(15(28)9-17(35-4)23(14)29)24(30)18(10)22-16(34-3)8-13-7-12-6-11(2)36-27(33)20(12)25(31)19(13)26(22)32/h5,7-9,11,30-32H,6H2,1-4H3. The number of esters is 1. The Morgan fingerprint density at radius 2 is 1.58 bits per heavy atom. The number of ketones is 2. The predicted molar refractivity (Wildman–Crippen MR) is 128 cm³/mol. The molecule has 0 amide bonds. The average Bonchev–Trinajstić information content (AvgIpc) is 2.81. The number of phenols is 3. The van der Waals surface area contributed by atoms with Crippen LogP contribution in [0, 0.1) is 6.92 Å². The normalized spacial score (nSPS) is 16.8. The number of aryl methyl sites for hydroxylation is 1. The molecule has 3 N–H and O–H groups in total. The summed E-state index contributed by atoms with van der Waals surface area (Å²) in [6.07, 6.45) is 0.999. The lowest BCUT2D eigenvalue weighted by molar-refractivity contribution is 0.0297. The van der Waals surface area contributed by atoms with Gasteiger partial charge in [0.2, 0.25) is 5.78 Å². The number of benzene rings is 3. The van der Waals surface area contributed by atoms with Gasteiger partial charge in [0.1, 0.15) is 34.7 Å². The van der Waals surface area contributed by atoms with Crippen molar-refractivity contribution in [2.24, 2.45) is 0 Å². The predicted octanol–water partition coefficient (Wildman–Crippen LogP) is 3.95. The molecule has 5 rings (SSSR count). The van der Waals surface area contributed by atoms with Crippen molar-refractivity contribution in [2.75, 3.05) is 14.2 Å². The van der Waals surface area contributed by atoms with Crippen LogP contribution in [0.2, 0.25) is 0 Å². The second-order valence-corrected chi connectivity index (χ2v) is 8.83. The average molecular weight is 490 g/mol. The first-order valence-electron chi connectivity index (χ1n) is 11.1. The van der Waals surface area contributed by atoms with Crippen LogP contribution in [0.25, 0.3) is 21.9 Å². The van der Waals surface area contributed by atoms with Gasteiger partial charge in [-0.15, -0.1) is 0 Å². The second kappa shape index (κ2) is 8.01. The summed E-state index contributed by atoms with van der Waals surface area (Å²) in [5, 5.41) is 34.0. The van der Waals surface area contributed by atoms with E-state index < -0.39 is 34.8 Å². The Labute approximate surface area is 205 Å². The van der Waals surface area contributed by atoms with E-state index in [1.54, 1.807) is 26.0 Å². The van der Waals surface area contributed by atoms with Crippen LogP contribution in [0.5, 0.6) is 23.0 Å². The fourth-order valence-corrected chi connectivity index (χ4v) is 5.03. The number of hydrogen-bond acceptors (Lipinski definition) is 9. The molecule has 9 heteroatoms. The van der Waals surface area contributed by atoms with E-state index in [0.717, 1.165) is 6.08 Å². The fourth-order valence-electron chi connectivity index (χ4n) is 5.03. The van der Waals surface area contributed by atoms with Crippen LogP contribution in [0.15, 0.2) is 30.0 Å². The van der Waals surface area contributed by atoms with Gasteiger partial charge in [0.25, 0.3) is 0 Å². The van der Waals surface area contributed by atoms with E-state index in [9.17, 15) is 29.7 Å². The van der Waals surface area contributed by atoms with Crippen molar-refractivity contribution < 1.29 is 43.9 Å². The zero-order valence-corrected chi connectivity index (χ0v) is 19.9. The molecule has 1 atom stereocenters. The van der Waals surface area contributed by atoms with Crippen LogP contribution < -0.4 is 4.74 Å². The number of aromatic hydroxyl groups is 3. The van der Waals surface area contributed by atoms with E-state index in [0.29, 0.717) is 22.9 Å². The lowest BCUT2D eigenvalue weighted by Crippen LogP contribution is -2.25. The van der Waals surface area contributed by atoms with Crippen molar-refractivity contribution in [2.45, 2.75) is 26.4 Å². The molecule has 0 radical (unpaired) electrons. The van der Waals surface area contributed by atoms with Crippen molar-refractivity contribution in [3.63, 3.8) is 0 Å². The number of carbonyl (C=O) groups excluding carboxylic acids is 3. The number of cyclic esters (lactones) is 1. The zero-order chi connectivity index (χ0) is 26.0. The first kappa shape index (κ1) is 23.2. The number of methoxy groups -OCH3 is 2. The summed E-state index contributed by atoms with van der Waals surface area (Å²) in [5.74, 6) is -3.40. The third-order valence-corrected chi connectivity index (χ3v) is 6.60. The summed E-state index contributed by atoms with van der Waals surface area (Å²) >= 11 is 0. The van der Waals surface area contributed by atoms with Crippen LogP contribution in [0.3, 0.4) is 0 Å². The number of ether oxygens (including phenoxy) is 3. The molecule has 0 saturated heterocycles. The SMILES string of the molecule is COC1=CC(=O)c2c(cc(C)c(-c3c(OC)cc4cc5c(c(O)c4c3O)C(=O)OC(C)C5)c2O)C1=O. The minimum absolute atomic E-state index is 0.0163. The Balaban J connectivity index is 1.84. The molecular formula is C27H22O9. The molecule has 2 aliphatic rings. The Morgan fingerprint density at radius 1 is 0.889 bits per heavy atom. The van der Waals surface area contributed by atoms with Gasteiger partial charge >= 0.3 is 5.97 Å². The van der Waals surface area contributed by atoms with Gasteiger partial charge in [0.15, 0.2) is 11.5 Å². The molecule has 0 spiro atoms. The first-order valence-corrected chi connectivity index (χ1v) is 11.1. The van der Waals surface area contributed by atoms with Gasteiger partial charge in [-0.25, -0.2) is 4.79 Å². The number of rotatable bonds is 3. The Kier molecular flexibility index (Phi) is 5.17. The highest BCUT2D eigenvalue weighted by Crippen LogP contribution is 2.52. The third-order valence-electron chi connectivity index (χ3n) is 6.60. The Hall–Kier alpha value is -4.53. The van der Waals surface area contributed by atoms with Crippen LogP contribution in [0.4, 0.5) is 0 Å². The maximum absolute atomic E-state index is 12.8. The van der Waals surface area contributed by atoms with E-state index in [-0.39, 0.29) is 50.8 Å². The topological polar surface area (TPSA) is 140 Å². The van der Waals surface area contributed by atoms with E-state index in [2.05, 4.69) is 0 Å². The molecule has 1 unspecified atom stereocenters. The van der Waals surface area contributed by atoms with E-state index in [1.807, 2.05) is 0 Å². The third kappa shape index (κ3) is 3.12. The van der Waals surface area contributed by atoms with Crippen molar-refractivity contribution in [1.82, 2.24) is 0 Å². The highest BCUT2D eigenvalue weighted by atomic mass is 16.5. The minimum atomic E-state index is -0.711. The summed E-state index contributed by atoms with van der Waals surface area (Å²) in [6.45, 7) is 3.33. The Morgan fingerprint density at radius 3 is 2.25 bits per heavy atom. The molecule has 0 saturated carbocycles. The van der Waals surface area contributed by atoms with Crippen molar-refractivity contribution in [1.29, 1.82) is 0 Å². The molecule has 184 valence electrons. The molecule has 0 bridgehead atoms. The summed E-state index contributed by atoms with van der Waals surface area (Å²) in [7, 11) is 2.64. The molecule has 36 heavy (non-hydrogen) atoms. The molecular weight excluding hydrogens is 468 g/mol. The van der Waals surface area contributed by atoms with Gasteiger partial charge < -0.3 is 29.5 Å². The molecule has 0 aromatic heterocycles. The molecule has 3 aromatic rings. The number of phenolic OH excluding ortho intramolecular Hbond substituents is 3. The van der Waals surface area contributed by atoms with E-state index >= 15 is 0 Å². The van der Waals surface area contributed by atoms with Gasteiger partial charge in [0, 0.05) is 23.6 Å². The van der Waals surface area contributed by atoms with Gasteiger partial charge in [-0.3, -0.25) is 9.59 Å². The van der Waals surface area contributed by atoms with Crippen molar-refractivity contribution in [3.8, 4) is 34.1 Å². The van der Waals surface area contributed by atoms with E-state index in [1.165, 1.54) is 20.3 Å². The van der Waals surface area contributed by atoms with Gasteiger partial charge in [0.05, 0.1) is 30.7 Å². The summed E-state index contributed by atoms with van der Waals surface area (Å²) < 4.78 is 15.8. The molecule has 0 fully saturated rings. The number of hydrogen-bond donors (Lipinski definition) is 3. The first-order chi connectivity index (χ1) is 17.1. The zero-order valence-electron chi connectivity index (χ0n) is 19.9. The van der Waals surface area contributed by atoms with Crippen LogP contribution in [-0.2, 0) is 15.9 Å². The molecule has 1 heterocycles. The monoisotopic (exact) mass is 490 g/mol. The summed E-state index contributed by atoms with van der Waals surface area (Å²) in [4.78, 5) is 38.1. The van der Waals surface area contributed by atoms with Crippen LogP contribution in [0.1, 0.15) is 49.1 Å². The fraction of sp³-hybridized carbons (Fsp3) is 0.222. The summed E-state index contributed by atoms with van der Waals surface area (Å²) in [6, 6.07) is 4.65. The van der Waals surface area contributed by atoms with E-state index in [4.69, 9.17) is 14.2 Å². The lowest BCUT2D eigenvalue weighted by atomic mass is 9.84. The second-order valence-electron chi connectivity index (χ2n) is 8.83. The number of carbonyl (C=O) groups is 3. The Bertz CT molecular complexity index is 1560. The molecule has 3 aromatic carbocycles. The quantitative estimate of drug-likeness (QED) is 0.466. The van der Waals surface area contributed by atoms with Crippen molar-refractivity contribution in [3.05, 3.63) is 57.9 Å². The maximum atomic E-state index is 12.8. The smallest absolute Gasteiger partial charge is 0.342 e. The highest BCUT2D eigenvalue weighted by molar-refractivity contribution is 6.26. The number of Topliss-reactive ketones (excluding diaryl/α,β-unsaturated/α-hetero) is 1. The lowest BCUT2D eigenvalue weighted by Gasteiger charge is -2.25. The van der Waals surface area contributed by atoms with Crippen LogP contribution in [-0.4, -0.2) is 53.2 Å². The summed E-state index contributed by atoms with van der Waals surface area (Å²) in [5.41, 5.74) is 0.614. The minimum Gasteiger partial charge on any atom is -0.506 e. The van der Waals surface area contributed by atoms with Gasteiger partial charge in [-0.1, -0.05) is 0 Å². The molecule has 9 nitrogen and oxygen atoms in total. The van der Waals surface area contributed by atoms with Gasteiger partial charge in [-0.05, 0) is 48.6 Å². The maximum Gasteiger partial charge on any atom is 0.342 e. The number of fused-ring (bicyclic) bond motifs is 3. The molecule has 1 aliphatic heterocycles. The largest absolute Gasteiger partial charge is 0.506 e. The molecule has 1 aliphatic carbocycles. The number of allylic oxidation sites excluding steroid dienone is 2. The van der Waals surface area contributed by atoms with Gasteiger partial charge in [-0.2, -0.15) is 0 Å². The van der Waals surface area contributed by atoms with Crippen molar-refractivity contribution >= 4 is 28.3 Å².